The number of rotatable bonds is 4. The maximum Gasteiger partial charge on any atom is 0.256 e. The molecule has 0 unspecified atom stereocenters. The van der Waals surface area contributed by atoms with Crippen LogP contribution in [0.3, 0.4) is 0 Å². The van der Waals surface area contributed by atoms with Gasteiger partial charge in [0.25, 0.3) is 5.91 Å². The van der Waals surface area contributed by atoms with Crippen molar-refractivity contribution in [3.05, 3.63) is 102 Å². The summed E-state index contributed by atoms with van der Waals surface area (Å²) in [5.74, 6) is 0.592. The molecule has 6 rings (SSSR count). The molecule has 2 N–H and O–H groups in total. The lowest BCUT2D eigenvalue weighted by Gasteiger charge is -2.10. The molecule has 0 fully saturated rings. The first-order valence-corrected chi connectivity index (χ1v) is 11.4. The van der Waals surface area contributed by atoms with E-state index in [1.54, 1.807) is 11.3 Å². The molecule has 0 aliphatic heterocycles. The van der Waals surface area contributed by atoms with E-state index in [0.717, 1.165) is 43.9 Å². The number of aromatic amines is 1. The van der Waals surface area contributed by atoms with Crippen molar-refractivity contribution in [2.24, 2.45) is 0 Å². The largest absolute Gasteiger partial charge is 0.338 e. The van der Waals surface area contributed by atoms with Gasteiger partial charge < -0.3 is 10.3 Å². The number of nitrogens with zero attached hydrogens (tertiary/aromatic N) is 2. The molecule has 6 aromatic rings. The molecule has 0 aliphatic carbocycles. The molecule has 33 heavy (non-hydrogen) atoms. The van der Waals surface area contributed by atoms with Crippen LogP contribution in [0.15, 0.2) is 96.4 Å². The number of carbonyl (C=O) groups excluding carboxylic acids is 1. The Labute approximate surface area is 193 Å². The van der Waals surface area contributed by atoms with E-state index in [2.05, 4.69) is 15.3 Å². The number of nitrogens with one attached hydrogen (secondary N) is 2. The number of para-hydroxylation sites is 3. The van der Waals surface area contributed by atoms with E-state index < -0.39 is 0 Å². The van der Waals surface area contributed by atoms with Gasteiger partial charge in [-0.3, -0.25) is 4.79 Å². The highest BCUT2D eigenvalue weighted by Gasteiger charge is 2.15. The van der Waals surface area contributed by atoms with Gasteiger partial charge in [-0.1, -0.05) is 48.5 Å². The van der Waals surface area contributed by atoms with Gasteiger partial charge in [-0.15, -0.1) is 11.3 Å². The van der Waals surface area contributed by atoms with Crippen LogP contribution in [0.5, 0.6) is 0 Å². The second kappa shape index (κ2) is 8.00. The van der Waals surface area contributed by atoms with Crippen LogP contribution >= 0.6 is 11.3 Å². The number of H-pyrrole nitrogens is 1. The lowest BCUT2D eigenvalue weighted by molar-refractivity contribution is 0.102. The molecule has 0 aliphatic rings. The molecule has 3 aromatic carbocycles. The normalized spacial score (nSPS) is 11.2. The first kappa shape index (κ1) is 19.4. The van der Waals surface area contributed by atoms with Crippen molar-refractivity contribution in [1.29, 1.82) is 0 Å². The highest BCUT2D eigenvalue weighted by Crippen LogP contribution is 2.29. The number of hydrogen-bond acceptors (Lipinski definition) is 4. The highest BCUT2D eigenvalue weighted by atomic mass is 32.1. The van der Waals surface area contributed by atoms with Crippen LogP contribution in [0.25, 0.3) is 43.9 Å². The van der Waals surface area contributed by atoms with Crippen molar-refractivity contribution >= 4 is 44.9 Å². The number of imidazole rings is 1. The predicted octanol–water partition coefficient (Wildman–Crippen LogP) is 6.76. The van der Waals surface area contributed by atoms with E-state index in [9.17, 15) is 4.79 Å². The zero-order chi connectivity index (χ0) is 22.2. The van der Waals surface area contributed by atoms with Crippen LogP contribution in [-0.2, 0) is 0 Å². The molecular weight excluding hydrogens is 428 g/mol. The summed E-state index contributed by atoms with van der Waals surface area (Å²) in [5, 5.41) is 5.89. The summed E-state index contributed by atoms with van der Waals surface area (Å²) in [6, 6.07) is 29.2. The molecule has 3 heterocycles. The van der Waals surface area contributed by atoms with E-state index in [4.69, 9.17) is 4.98 Å². The lowest BCUT2D eigenvalue weighted by Crippen LogP contribution is -2.13. The summed E-state index contributed by atoms with van der Waals surface area (Å²) in [6.07, 6.45) is 0. The van der Waals surface area contributed by atoms with E-state index >= 15 is 0 Å². The summed E-state index contributed by atoms with van der Waals surface area (Å²) < 4.78 is 0. The number of thiophene rings is 1. The Morgan fingerprint density at radius 3 is 2.52 bits per heavy atom. The van der Waals surface area contributed by atoms with Crippen molar-refractivity contribution in [3.8, 4) is 22.0 Å². The van der Waals surface area contributed by atoms with E-state index in [0.29, 0.717) is 11.3 Å². The molecule has 3 aromatic heterocycles. The number of aromatic nitrogens is 3. The fourth-order valence-electron chi connectivity index (χ4n) is 3.95. The molecule has 0 saturated heterocycles. The zero-order valence-corrected chi connectivity index (χ0v) is 18.3. The summed E-state index contributed by atoms with van der Waals surface area (Å²) in [7, 11) is 0. The Kier molecular flexibility index (Phi) is 4.70. The molecule has 5 nitrogen and oxygen atoms in total. The Bertz CT molecular complexity index is 1590. The van der Waals surface area contributed by atoms with Crippen molar-refractivity contribution < 1.29 is 4.79 Å². The quantitative estimate of drug-likeness (QED) is 0.314. The fourth-order valence-corrected chi connectivity index (χ4v) is 4.63. The molecule has 6 heteroatoms. The number of benzene rings is 3. The summed E-state index contributed by atoms with van der Waals surface area (Å²) in [6.45, 7) is 0. The third-order valence-corrected chi connectivity index (χ3v) is 6.41. The minimum Gasteiger partial charge on any atom is -0.338 e. The van der Waals surface area contributed by atoms with Crippen molar-refractivity contribution in [2.45, 2.75) is 0 Å². The van der Waals surface area contributed by atoms with Crippen molar-refractivity contribution in [2.75, 3.05) is 5.32 Å². The molecule has 0 bridgehead atoms. The van der Waals surface area contributed by atoms with Gasteiger partial charge in [-0.05, 0) is 47.8 Å². The average Bonchev–Trinajstić information content (AvgIpc) is 3.54. The van der Waals surface area contributed by atoms with Gasteiger partial charge in [0.15, 0.2) is 0 Å². The lowest BCUT2D eigenvalue weighted by atomic mass is 10.1. The molecule has 0 atom stereocenters. The Morgan fingerprint density at radius 2 is 1.67 bits per heavy atom. The Balaban J connectivity index is 1.36. The van der Waals surface area contributed by atoms with Gasteiger partial charge in [0.1, 0.15) is 5.82 Å². The summed E-state index contributed by atoms with van der Waals surface area (Å²) in [5.41, 5.74) is 5.68. The van der Waals surface area contributed by atoms with Gasteiger partial charge in [0.05, 0.1) is 32.7 Å². The average molecular weight is 447 g/mol. The second-order valence-electron chi connectivity index (χ2n) is 7.69. The van der Waals surface area contributed by atoms with Gasteiger partial charge in [0, 0.05) is 16.6 Å². The van der Waals surface area contributed by atoms with Crippen LogP contribution in [0.1, 0.15) is 10.4 Å². The Morgan fingerprint density at radius 1 is 0.818 bits per heavy atom. The first-order chi connectivity index (χ1) is 16.2. The predicted molar refractivity (Wildman–Crippen MR) is 135 cm³/mol. The zero-order valence-electron chi connectivity index (χ0n) is 17.4. The smallest absolute Gasteiger partial charge is 0.256 e. The molecule has 0 saturated carbocycles. The monoisotopic (exact) mass is 446 g/mol. The van der Waals surface area contributed by atoms with Gasteiger partial charge in [-0.2, -0.15) is 0 Å². The van der Waals surface area contributed by atoms with Crippen LogP contribution in [0.4, 0.5) is 5.69 Å². The standard InChI is InChI=1S/C27H18N4OS/c32-27(20-16-24(25-13-6-14-33-25)29-21-10-2-1-9-19(20)21)28-18-8-5-7-17(15-18)26-30-22-11-3-4-12-23(22)31-26/h1-16H,(H,28,32)(H,30,31). The van der Waals surface area contributed by atoms with Gasteiger partial charge in [0.2, 0.25) is 0 Å². The van der Waals surface area contributed by atoms with Crippen LogP contribution < -0.4 is 5.32 Å². The van der Waals surface area contributed by atoms with E-state index in [-0.39, 0.29) is 5.91 Å². The third-order valence-electron chi connectivity index (χ3n) is 5.52. The number of amides is 1. The van der Waals surface area contributed by atoms with E-state index in [1.165, 1.54) is 0 Å². The van der Waals surface area contributed by atoms with Crippen molar-refractivity contribution in [1.82, 2.24) is 15.0 Å². The van der Waals surface area contributed by atoms with Crippen LogP contribution in [-0.4, -0.2) is 20.9 Å². The van der Waals surface area contributed by atoms with Gasteiger partial charge in [-0.25, -0.2) is 9.97 Å². The first-order valence-electron chi connectivity index (χ1n) is 10.5. The highest BCUT2D eigenvalue weighted by molar-refractivity contribution is 7.13. The fraction of sp³-hybridized carbons (Fsp3) is 0. The number of carbonyl (C=O) groups is 1. The maximum absolute atomic E-state index is 13.4. The number of pyridine rings is 1. The third kappa shape index (κ3) is 3.66. The molecule has 0 radical (unpaired) electrons. The Hall–Kier alpha value is -4.29. The van der Waals surface area contributed by atoms with Crippen molar-refractivity contribution in [3.63, 3.8) is 0 Å². The van der Waals surface area contributed by atoms with Crippen LogP contribution in [0, 0.1) is 0 Å². The maximum atomic E-state index is 13.4. The molecule has 1 amide bonds. The van der Waals surface area contributed by atoms with Gasteiger partial charge >= 0.3 is 0 Å². The van der Waals surface area contributed by atoms with Crippen LogP contribution in [0.2, 0.25) is 0 Å². The number of anilines is 1. The number of hydrogen-bond donors (Lipinski definition) is 2. The molecule has 0 spiro atoms. The summed E-state index contributed by atoms with van der Waals surface area (Å²) >= 11 is 1.61. The molecule has 158 valence electrons. The topological polar surface area (TPSA) is 70.7 Å². The second-order valence-corrected chi connectivity index (χ2v) is 8.63. The number of fused-ring (bicyclic) bond motifs is 2. The SMILES string of the molecule is O=C(Nc1cccc(-c2nc3ccccc3[nH]2)c1)c1cc(-c2cccs2)nc2ccccc12. The van der Waals surface area contributed by atoms with E-state index in [1.807, 2.05) is 96.4 Å². The minimum absolute atomic E-state index is 0.173. The molecular formula is C27H18N4OS. The minimum atomic E-state index is -0.173. The summed E-state index contributed by atoms with van der Waals surface area (Å²) in [4.78, 5) is 27.2.